The first kappa shape index (κ1) is 10.2. The lowest BCUT2D eigenvalue weighted by Gasteiger charge is -2.42. The predicted octanol–water partition coefficient (Wildman–Crippen LogP) is 2.98. The van der Waals surface area contributed by atoms with E-state index in [1.165, 1.54) is 42.5 Å². The van der Waals surface area contributed by atoms with Crippen LogP contribution >= 0.6 is 0 Å². The summed E-state index contributed by atoms with van der Waals surface area (Å²) in [6.45, 7) is 2.14. The molecule has 0 radical (unpaired) electrons. The van der Waals surface area contributed by atoms with E-state index in [-0.39, 0.29) is 6.04 Å². The number of anilines is 1. The standard InChI is InChI=1S/C14H20N2/c1-9-6-7-11-13(8-9)16-12-5-3-2-4-10(12)14(11)15/h6-8,10,12,14,16H,2-5,15H2,1H3. The molecule has 2 heteroatoms. The first-order valence-electron chi connectivity index (χ1n) is 6.38. The number of fused-ring (bicyclic) bond motifs is 2. The van der Waals surface area contributed by atoms with Crippen LogP contribution < -0.4 is 11.1 Å². The zero-order valence-corrected chi connectivity index (χ0v) is 9.87. The highest BCUT2D eigenvalue weighted by Gasteiger charge is 2.35. The van der Waals surface area contributed by atoms with Crippen LogP contribution in [-0.4, -0.2) is 6.04 Å². The van der Waals surface area contributed by atoms with Gasteiger partial charge in [-0.05, 0) is 42.9 Å². The van der Waals surface area contributed by atoms with Gasteiger partial charge in [0.1, 0.15) is 0 Å². The first-order chi connectivity index (χ1) is 7.75. The minimum absolute atomic E-state index is 0.238. The zero-order chi connectivity index (χ0) is 11.1. The van der Waals surface area contributed by atoms with Crippen molar-refractivity contribution in [2.75, 3.05) is 5.32 Å². The van der Waals surface area contributed by atoms with E-state index in [0.29, 0.717) is 12.0 Å². The molecule has 0 aromatic heterocycles. The lowest BCUT2D eigenvalue weighted by Crippen LogP contribution is -2.43. The molecule has 1 aromatic rings. The van der Waals surface area contributed by atoms with Crippen LogP contribution in [0.1, 0.15) is 42.9 Å². The van der Waals surface area contributed by atoms with Gasteiger partial charge in [-0.3, -0.25) is 0 Å². The summed E-state index contributed by atoms with van der Waals surface area (Å²) >= 11 is 0. The van der Waals surface area contributed by atoms with E-state index >= 15 is 0 Å². The predicted molar refractivity (Wildman–Crippen MR) is 67.5 cm³/mol. The fraction of sp³-hybridized carbons (Fsp3) is 0.571. The summed E-state index contributed by atoms with van der Waals surface area (Å²) < 4.78 is 0. The lowest BCUT2D eigenvalue weighted by atomic mass is 9.75. The van der Waals surface area contributed by atoms with Crippen LogP contribution in [0.3, 0.4) is 0 Å². The Morgan fingerprint density at radius 3 is 2.94 bits per heavy atom. The Morgan fingerprint density at radius 2 is 2.06 bits per heavy atom. The maximum atomic E-state index is 6.41. The highest BCUT2D eigenvalue weighted by atomic mass is 15.0. The highest BCUT2D eigenvalue weighted by molar-refractivity contribution is 5.57. The fourth-order valence-electron chi connectivity index (χ4n) is 3.28. The summed E-state index contributed by atoms with van der Waals surface area (Å²) in [7, 11) is 0. The van der Waals surface area contributed by atoms with Crippen molar-refractivity contribution in [1.82, 2.24) is 0 Å². The van der Waals surface area contributed by atoms with Crippen LogP contribution in [0, 0.1) is 12.8 Å². The third kappa shape index (κ3) is 1.52. The van der Waals surface area contributed by atoms with Gasteiger partial charge in [0.2, 0.25) is 0 Å². The first-order valence-corrected chi connectivity index (χ1v) is 6.38. The van der Waals surface area contributed by atoms with Crippen molar-refractivity contribution in [2.24, 2.45) is 11.7 Å². The molecule has 1 aliphatic heterocycles. The molecule has 0 amide bonds. The van der Waals surface area contributed by atoms with E-state index in [0.717, 1.165) is 0 Å². The summed E-state index contributed by atoms with van der Waals surface area (Å²) in [6.07, 6.45) is 5.26. The average Bonchev–Trinajstić information content (AvgIpc) is 2.29. The second-order valence-electron chi connectivity index (χ2n) is 5.32. The molecule has 3 atom stereocenters. The molecule has 1 aliphatic carbocycles. The van der Waals surface area contributed by atoms with Gasteiger partial charge in [-0.15, -0.1) is 0 Å². The van der Waals surface area contributed by atoms with Gasteiger partial charge in [-0.2, -0.15) is 0 Å². The topological polar surface area (TPSA) is 38.0 Å². The minimum atomic E-state index is 0.238. The molecular formula is C14H20N2. The normalized spacial score (nSPS) is 32.5. The molecule has 3 N–H and O–H groups in total. The number of hydrogen-bond donors (Lipinski definition) is 2. The van der Waals surface area contributed by atoms with Crippen LogP contribution in [0.15, 0.2) is 18.2 Å². The SMILES string of the molecule is Cc1ccc2c(c1)NC1CCCCC1C2N. The number of nitrogens with one attached hydrogen (secondary N) is 1. The van der Waals surface area contributed by atoms with Crippen molar-refractivity contribution < 1.29 is 0 Å². The fourth-order valence-corrected chi connectivity index (χ4v) is 3.28. The van der Waals surface area contributed by atoms with Gasteiger partial charge < -0.3 is 11.1 Å². The molecule has 3 unspecified atom stereocenters. The van der Waals surface area contributed by atoms with Crippen molar-refractivity contribution in [1.29, 1.82) is 0 Å². The van der Waals surface area contributed by atoms with E-state index in [1.54, 1.807) is 0 Å². The van der Waals surface area contributed by atoms with Crippen LogP contribution in [0.2, 0.25) is 0 Å². The number of hydrogen-bond acceptors (Lipinski definition) is 2. The number of nitrogens with two attached hydrogens (primary N) is 1. The molecule has 1 fully saturated rings. The minimum Gasteiger partial charge on any atom is -0.382 e. The van der Waals surface area contributed by atoms with Gasteiger partial charge in [-0.25, -0.2) is 0 Å². The molecule has 1 aromatic carbocycles. The molecule has 2 nitrogen and oxygen atoms in total. The Morgan fingerprint density at radius 1 is 1.25 bits per heavy atom. The maximum absolute atomic E-state index is 6.41. The summed E-state index contributed by atoms with van der Waals surface area (Å²) in [5.74, 6) is 0.643. The monoisotopic (exact) mass is 216 g/mol. The van der Waals surface area contributed by atoms with E-state index < -0.39 is 0 Å². The molecule has 0 saturated heterocycles. The van der Waals surface area contributed by atoms with E-state index in [9.17, 15) is 0 Å². The van der Waals surface area contributed by atoms with Crippen molar-refractivity contribution >= 4 is 5.69 Å². The molecule has 1 heterocycles. The molecule has 1 saturated carbocycles. The molecule has 0 bridgehead atoms. The summed E-state index contributed by atoms with van der Waals surface area (Å²) in [4.78, 5) is 0. The molecule has 2 aliphatic rings. The quantitative estimate of drug-likeness (QED) is 0.699. The van der Waals surface area contributed by atoms with Crippen LogP contribution in [0.5, 0.6) is 0 Å². The van der Waals surface area contributed by atoms with Gasteiger partial charge in [0.25, 0.3) is 0 Å². The molecule has 3 rings (SSSR count). The Kier molecular flexibility index (Phi) is 2.40. The molecule has 0 spiro atoms. The number of rotatable bonds is 0. The average molecular weight is 216 g/mol. The summed E-state index contributed by atoms with van der Waals surface area (Å²) in [6, 6.07) is 7.46. The van der Waals surface area contributed by atoms with Gasteiger partial charge in [0, 0.05) is 17.8 Å². The Bertz CT molecular complexity index is 400. The smallest absolute Gasteiger partial charge is 0.0393 e. The number of benzene rings is 1. The molecular weight excluding hydrogens is 196 g/mol. The Hall–Kier alpha value is -1.02. The lowest BCUT2D eigenvalue weighted by molar-refractivity contribution is 0.271. The van der Waals surface area contributed by atoms with E-state index in [1.807, 2.05) is 0 Å². The number of aryl methyl sites for hydroxylation is 1. The second kappa shape index (κ2) is 3.77. The third-order valence-electron chi connectivity index (χ3n) is 4.19. The molecule has 16 heavy (non-hydrogen) atoms. The van der Waals surface area contributed by atoms with Crippen molar-refractivity contribution in [2.45, 2.75) is 44.7 Å². The van der Waals surface area contributed by atoms with E-state index in [2.05, 4.69) is 30.4 Å². The van der Waals surface area contributed by atoms with Crippen molar-refractivity contribution in [3.8, 4) is 0 Å². The summed E-state index contributed by atoms with van der Waals surface area (Å²) in [5.41, 5.74) is 10.3. The second-order valence-corrected chi connectivity index (χ2v) is 5.32. The van der Waals surface area contributed by atoms with Crippen molar-refractivity contribution in [3.63, 3.8) is 0 Å². The Balaban J connectivity index is 1.99. The van der Waals surface area contributed by atoms with Gasteiger partial charge in [0.15, 0.2) is 0 Å². The highest BCUT2D eigenvalue weighted by Crippen LogP contribution is 2.41. The zero-order valence-electron chi connectivity index (χ0n) is 9.87. The van der Waals surface area contributed by atoms with Crippen LogP contribution in [0.4, 0.5) is 5.69 Å². The summed E-state index contributed by atoms with van der Waals surface area (Å²) in [5, 5.41) is 3.69. The van der Waals surface area contributed by atoms with Gasteiger partial charge in [0.05, 0.1) is 0 Å². The van der Waals surface area contributed by atoms with Gasteiger partial charge >= 0.3 is 0 Å². The van der Waals surface area contributed by atoms with Gasteiger partial charge in [-0.1, -0.05) is 25.0 Å². The van der Waals surface area contributed by atoms with E-state index in [4.69, 9.17) is 5.73 Å². The maximum Gasteiger partial charge on any atom is 0.0393 e. The van der Waals surface area contributed by atoms with Crippen LogP contribution in [-0.2, 0) is 0 Å². The largest absolute Gasteiger partial charge is 0.382 e. The van der Waals surface area contributed by atoms with Crippen LogP contribution in [0.25, 0.3) is 0 Å². The third-order valence-corrected chi connectivity index (χ3v) is 4.19. The van der Waals surface area contributed by atoms with Crippen molar-refractivity contribution in [3.05, 3.63) is 29.3 Å². The molecule has 86 valence electrons. The Labute approximate surface area is 97.2 Å².